The minimum atomic E-state index is -1.06. The molecule has 0 bridgehead atoms. The second-order valence-corrected chi connectivity index (χ2v) is 4.80. The van der Waals surface area contributed by atoms with Crippen molar-refractivity contribution in [1.29, 1.82) is 0 Å². The van der Waals surface area contributed by atoms with Crippen molar-refractivity contribution in [3.63, 3.8) is 0 Å². The fraction of sp³-hybridized carbons (Fsp3) is 0.583. The van der Waals surface area contributed by atoms with Crippen molar-refractivity contribution in [3.8, 4) is 0 Å². The number of nitrogens with zero attached hydrogens (tertiary/aromatic N) is 1. The number of rotatable bonds is 6. The Bertz CT molecular complexity index is 446. The molecule has 2 unspecified atom stereocenters. The van der Waals surface area contributed by atoms with Gasteiger partial charge in [0.1, 0.15) is 6.04 Å². The molecule has 2 amide bonds. The van der Waals surface area contributed by atoms with Gasteiger partial charge < -0.3 is 20.7 Å². The van der Waals surface area contributed by atoms with Crippen LogP contribution in [0.15, 0.2) is 12.5 Å². The maximum absolute atomic E-state index is 11.7. The lowest BCUT2D eigenvalue weighted by molar-refractivity contribution is -0.139. The van der Waals surface area contributed by atoms with Gasteiger partial charge in [-0.15, -0.1) is 0 Å². The standard InChI is InChI=1S/C12H18N4O3/c1-2-7-3-9(7)15-12(19)16-10(11(17)18)4-8-5-13-6-14-8/h5-7,9-10H,2-4H2,1H3,(H,13,14)(H,17,18)(H2,15,16,19)/t7?,9?,10-/m1/s1. The minimum Gasteiger partial charge on any atom is -0.480 e. The average Bonchev–Trinajstić information content (AvgIpc) is 2.90. The molecule has 0 radical (unpaired) electrons. The molecule has 1 saturated carbocycles. The van der Waals surface area contributed by atoms with Crippen molar-refractivity contribution < 1.29 is 14.7 Å². The van der Waals surface area contributed by atoms with Crippen molar-refractivity contribution in [2.24, 2.45) is 5.92 Å². The van der Waals surface area contributed by atoms with Gasteiger partial charge >= 0.3 is 12.0 Å². The average molecular weight is 266 g/mol. The number of carbonyl (C=O) groups is 2. The van der Waals surface area contributed by atoms with Crippen LogP contribution in [0.5, 0.6) is 0 Å². The van der Waals surface area contributed by atoms with Crippen LogP contribution in [-0.2, 0) is 11.2 Å². The fourth-order valence-corrected chi connectivity index (χ4v) is 2.06. The molecular formula is C12H18N4O3. The van der Waals surface area contributed by atoms with Gasteiger partial charge in [-0.25, -0.2) is 14.6 Å². The Labute approximate surface area is 110 Å². The molecule has 19 heavy (non-hydrogen) atoms. The highest BCUT2D eigenvalue weighted by Gasteiger charge is 2.37. The van der Waals surface area contributed by atoms with E-state index < -0.39 is 18.0 Å². The van der Waals surface area contributed by atoms with Gasteiger partial charge in [-0.3, -0.25) is 0 Å². The number of carbonyl (C=O) groups excluding carboxylic acids is 1. The molecule has 7 nitrogen and oxygen atoms in total. The summed E-state index contributed by atoms with van der Waals surface area (Å²) in [6.07, 6.45) is 5.21. The Morgan fingerprint density at radius 3 is 2.95 bits per heavy atom. The molecule has 104 valence electrons. The van der Waals surface area contributed by atoms with Crippen LogP contribution in [0, 0.1) is 5.92 Å². The minimum absolute atomic E-state index is 0.185. The Hall–Kier alpha value is -2.05. The summed E-state index contributed by atoms with van der Waals surface area (Å²) in [5.74, 6) is -0.533. The second kappa shape index (κ2) is 5.73. The van der Waals surface area contributed by atoms with Gasteiger partial charge in [0.15, 0.2) is 0 Å². The normalized spacial score (nSPS) is 22.6. The molecule has 3 atom stereocenters. The third-order valence-electron chi connectivity index (χ3n) is 3.35. The van der Waals surface area contributed by atoms with Crippen molar-refractivity contribution >= 4 is 12.0 Å². The number of urea groups is 1. The number of nitrogens with one attached hydrogen (secondary N) is 3. The number of hydrogen-bond acceptors (Lipinski definition) is 3. The molecule has 0 spiro atoms. The van der Waals surface area contributed by atoms with Crippen molar-refractivity contribution in [2.45, 2.75) is 38.3 Å². The Balaban J connectivity index is 1.83. The molecule has 1 aliphatic carbocycles. The zero-order chi connectivity index (χ0) is 13.8. The van der Waals surface area contributed by atoms with Gasteiger partial charge in [-0.1, -0.05) is 13.3 Å². The predicted octanol–water partition coefficient (Wildman–Crippen LogP) is 0.503. The van der Waals surface area contributed by atoms with E-state index >= 15 is 0 Å². The molecule has 1 aromatic heterocycles. The molecule has 1 aromatic rings. The van der Waals surface area contributed by atoms with Crippen molar-refractivity contribution in [1.82, 2.24) is 20.6 Å². The first-order chi connectivity index (χ1) is 9.10. The summed E-state index contributed by atoms with van der Waals surface area (Å²) in [5.41, 5.74) is 0.672. The lowest BCUT2D eigenvalue weighted by Gasteiger charge is -2.14. The number of aliphatic carboxylic acids is 1. The first-order valence-electron chi connectivity index (χ1n) is 6.37. The van der Waals surface area contributed by atoms with Crippen LogP contribution in [0.4, 0.5) is 4.79 Å². The van der Waals surface area contributed by atoms with Crippen molar-refractivity contribution in [2.75, 3.05) is 0 Å². The maximum atomic E-state index is 11.7. The van der Waals surface area contributed by atoms with Gasteiger partial charge in [0.25, 0.3) is 0 Å². The van der Waals surface area contributed by atoms with Gasteiger partial charge in [0.2, 0.25) is 0 Å². The molecule has 0 aliphatic heterocycles. The number of amides is 2. The largest absolute Gasteiger partial charge is 0.480 e. The topological polar surface area (TPSA) is 107 Å². The van der Waals surface area contributed by atoms with Gasteiger partial charge in [0, 0.05) is 24.4 Å². The van der Waals surface area contributed by atoms with Crippen LogP contribution < -0.4 is 10.6 Å². The fourth-order valence-electron chi connectivity index (χ4n) is 2.06. The quantitative estimate of drug-likeness (QED) is 0.601. The van der Waals surface area contributed by atoms with E-state index in [2.05, 4.69) is 27.5 Å². The van der Waals surface area contributed by atoms with E-state index in [4.69, 9.17) is 5.11 Å². The highest BCUT2D eigenvalue weighted by molar-refractivity contribution is 5.83. The lowest BCUT2D eigenvalue weighted by Crippen LogP contribution is -2.48. The SMILES string of the molecule is CCC1CC1NC(=O)N[C@H](Cc1cnc[nH]1)C(=O)O. The third-order valence-corrected chi connectivity index (χ3v) is 3.35. The van der Waals surface area contributed by atoms with Crippen LogP contribution in [-0.4, -0.2) is 39.2 Å². The zero-order valence-corrected chi connectivity index (χ0v) is 10.7. The molecular weight excluding hydrogens is 248 g/mol. The van der Waals surface area contributed by atoms with Crippen LogP contribution >= 0.6 is 0 Å². The first kappa shape index (κ1) is 13.4. The van der Waals surface area contributed by atoms with E-state index in [1.54, 1.807) is 6.20 Å². The van der Waals surface area contributed by atoms with Crippen LogP contribution in [0.1, 0.15) is 25.5 Å². The predicted molar refractivity (Wildman–Crippen MR) is 67.6 cm³/mol. The van der Waals surface area contributed by atoms with Gasteiger partial charge in [-0.05, 0) is 12.3 Å². The highest BCUT2D eigenvalue weighted by atomic mass is 16.4. The molecule has 1 fully saturated rings. The summed E-state index contributed by atoms with van der Waals surface area (Å²) in [6.45, 7) is 2.07. The molecule has 0 saturated heterocycles. The van der Waals surface area contributed by atoms with E-state index in [0.717, 1.165) is 12.8 Å². The smallest absolute Gasteiger partial charge is 0.326 e. The summed E-state index contributed by atoms with van der Waals surface area (Å²) in [7, 11) is 0. The van der Waals surface area contributed by atoms with E-state index in [-0.39, 0.29) is 12.5 Å². The second-order valence-electron chi connectivity index (χ2n) is 4.80. The van der Waals surface area contributed by atoms with Crippen LogP contribution in [0.25, 0.3) is 0 Å². The molecule has 0 aromatic carbocycles. The number of aromatic amines is 1. The molecule has 1 aliphatic rings. The van der Waals surface area contributed by atoms with E-state index in [0.29, 0.717) is 11.6 Å². The Morgan fingerprint density at radius 2 is 2.42 bits per heavy atom. The summed E-state index contributed by atoms with van der Waals surface area (Å²) < 4.78 is 0. The van der Waals surface area contributed by atoms with Crippen LogP contribution in [0.3, 0.4) is 0 Å². The molecule has 4 N–H and O–H groups in total. The monoisotopic (exact) mass is 266 g/mol. The summed E-state index contributed by atoms with van der Waals surface area (Å²) in [6, 6.07) is -1.20. The first-order valence-corrected chi connectivity index (χ1v) is 6.37. The van der Waals surface area contributed by atoms with E-state index in [1.165, 1.54) is 6.33 Å². The number of aromatic nitrogens is 2. The maximum Gasteiger partial charge on any atom is 0.326 e. The Kier molecular flexibility index (Phi) is 4.03. The number of imidazole rings is 1. The summed E-state index contributed by atoms with van der Waals surface area (Å²) in [4.78, 5) is 29.4. The van der Waals surface area contributed by atoms with Gasteiger partial charge in [0.05, 0.1) is 6.33 Å². The Morgan fingerprint density at radius 1 is 1.63 bits per heavy atom. The van der Waals surface area contributed by atoms with E-state index in [1.807, 2.05) is 0 Å². The summed E-state index contributed by atoms with van der Waals surface area (Å²) >= 11 is 0. The lowest BCUT2D eigenvalue weighted by atomic mass is 10.2. The molecule has 1 heterocycles. The number of carboxylic acids is 1. The van der Waals surface area contributed by atoms with E-state index in [9.17, 15) is 9.59 Å². The zero-order valence-electron chi connectivity index (χ0n) is 10.7. The van der Waals surface area contributed by atoms with Crippen molar-refractivity contribution in [3.05, 3.63) is 18.2 Å². The third kappa shape index (κ3) is 3.70. The summed E-state index contributed by atoms with van der Waals surface area (Å²) in [5, 5.41) is 14.3. The number of hydrogen-bond donors (Lipinski definition) is 4. The van der Waals surface area contributed by atoms with Crippen LogP contribution in [0.2, 0.25) is 0 Å². The highest BCUT2D eigenvalue weighted by Crippen LogP contribution is 2.32. The molecule has 7 heteroatoms. The van der Waals surface area contributed by atoms with Gasteiger partial charge in [-0.2, -0.15) is 0 Å². The number of H-pyrrole nitrogens is 1. The molecule has 2 rings (SSSR count). The number of carboxylic acid groups (broad SMARTS) is 1.